The monoisotopic (exact) mass is 297 g/mol. The van der Waals surface area contributed by atoms with Crippen LogP contribution in [0.4, 0.5) is 19.3 Å². The molecule has 2 atom stereocenters. The van der Waals surface area contributed by atoms with Crippen molar-refractivity contribution in [1.82, 2.24) is 10.2 Å². The molecule has 0 aliphatic carbocycles. The molecule has 21 heavy (non-hydrogen) atoms. The van der Waals surface area contributed by atoms with Crippen molar-refractivity contribution in [3.05, 3.63) is 24.3 Å². The van der Waals surface area contributed by atoms with E-state index >= 15 is 0 Å². The SMILES string of the molecule is O=C(Nc1cccc(OC(F)F)c1)N1CC[C@H]2CNC[C@H]21. The maximum absolute atomic E-state index is 12.3. The second kappa shape index (κ2) is 5.85. The van der Waals surface area contributed by atoms with Crippen LogP contribution in [0.25, 0.3) is 0 Å². The van der Waals surface area contributed by atoms with Crippen molar-refractivity contribution >= 4 is 11.7 Å². The normalized spacial score (nSPS) is 24.2. The van der Waals surface area contributed by atoms with Crippen LogP contribution in [-0.4, -0.2) is 43.2 Å². The lowest BCUT2D eigenvalue weighted by Crippen LogP contribution is -2.41. The summed E-state index contributed by atoms with van der Waals surface area (Å²) in [5, 5.41) is 6.02. The van der Waals surface area contributed by atoms with Crippen LogP contribution < -0.4 is 15.4 Å². The fraction of sp³-hybridized carbons (Fsp3) is 0.500. The molecule has 1 aromatic rings. The van der Waals surface area contributed by atoms with Crippen molar-refractivity contribution < 1.29 is 18.3 Å². The summed E-state index contributed by atoms with van der Waals surface area (Å²) in [5.74, 6) is 0.550. The molecule has 2 amide bonds. The third-order valence-electron chi connectivity index (χ3n) is 4.02. The minimum atomic E-state index is -2.88. The Balaban J connectivity index is 1.64. The van der Waals surface area contributed by atoms with Gasteiger partial charge in [0, 0.05) is 37.4 Å². The molecular weight excluding hydrogens is 280 g/mol. The first-order valence-corrected chi connectivity index (χ1v) is 6.96. The van der Waals surface area contributed by atoms with E-state index in [2.05, 4.69) is 15.4 Å². The van der Waals surface area contributed by atoms with Crippen molar-refractivity contribution in [3.63, 3.8) is 0 Å². The zero-order valence-corrected chi connectivity index (χ0v) is 11.4. The number of likely N-dealkylation sites (tertiary alicyclic amines) is 1. The average Bonchev–Trinajstić information content (AvgIpc) is 2.99. The van der Waals surface area contributed by atoms with E-state index in [-0.39, 0.29) is 17.8 Å². The molecule has 0 unspecified atom stereocenters. The summed E-state index contributed by atoms with van der Waals surface area (Å²) in [6.45, 7) is -0.380. The van der Waals surface area contributed by atoms with Gasteiger partial charge in [-0.25, -0.2) is 4.79 Å². The number of nitrogens with one attached hydrogen (secondary N) is 2. The van der Waals surface area contributed by atoms with E-state index in [4.69, 9.17) is 0 Å². The lowest BCUT2D eigenvalue weighted by atomic mass is 10.1. The standard InChI is InChI=1S/C14H17F2N3O2/c15-13(16)21-11-3-1-2-10(6-11)18-14(20)19-5-4-9-7-17-8-12(9)19/h1-3,6,9,12-13,17H,4-5,7-8H2,(H,18,20)/t9-,12+/m0/s1. The number of benzene rings is 1. The van der Waals surface area contributed by atoms with Gasteiger partial charge in [-0.2, -0.15) is 8.78 Å². The summed E-state index contributed by atoms with van der Waals surface area (Å²) < 4.78 is 28.7. The molecule has 0 saturated carbocycles. The molecule has 2 aliphatic rings. The van der Waals surface area contributed by atoms with E-state index in [1.807, 2.05) is 4.90 Å². The van der Waals surface area contributed by atoms with Crippen LogP contribution in [-0.2, 0) is 0 Å². The van der Waals surface area contributed by atoms with Crippen LogP contribution in [0.5, 0.6) is 5.75 Å². The first-order chi connectivity index (χ1) is 10.1. The van der Waals surface area contributed by atoms with Gasteiger partial charge in [0.2, 0.25) is 0 Å². The van der Waals surface area contributed by atoms with Gasteiger partial charge in [0.15, 0.2) is 0 Å². The van der Waals surface area contributed by atoms with Crippen molar-refractivity contribution in [1.29, 1.82) is 0 Å². The Morgan fingerprint density at radius 1 is 1.43 bits per heavy atom. The predicted octanol–water partition coefficient (Wildman–Crippen LogP) is 2.11. The summed E-state index contributed by atoms with van der Waals surface area (Å²) in [4.78, 5) is 14.1. The van der Waals surface area contributed by atoms with E-state index in [9.17, 15) is 13.6 Å². The lowest BCUT2D eigenvalue weighted by Gasteiger charge is -2.23. The number of anilines is 1. The van der Waals surface area contributed by atoms with Crippen LogP contribution in [0.3, 0.4) is 0 Å². The summed E-state index contributed by atoms with van der Waals surface area (Å²) in [6, 6.07) is 6.07. The molecule has 0 bridgehead atoms. The van der Waals surface area contributed by atoms with Gasteiger partial charge >= 0.3 is 12.6 Å². The summed E-state index contributed by atoms with van der Waals surface area (Å²) >= 11 is 0. The minimum absolute atomic E-state index is 0.0321. The highest BCUT2D eigenvalue weighted by atomic mass is 19.3. The molecule has 0 aromatic heterocycles. The van der Waals surface area contributed by atoms with Gasteiger partial charge in [-0.05, 0) is 24.5 Å². The van der Waals surface area contributed by atoms with Crippen molar-refractivity contribution in [2.75, 3.05) is 25.0 Å². The highest BCUT2D eigenvalue weighted by Gasteiger charge is 2.39. The summed E-state index contributed by atoms with van der Waals surface area (Å²) in [7, 11) is 0. The molecular formula is C14H17F2N3O2. The molecule has 0 spiro atoms. The second-order valence-corrected chi connectivity index (χ2v) is 5.30. The molecule has 114 valence electrons. The van der Waals surface area contributed by atoms with Crippen molar-refractivity contribution in [2.24, 2.45) is 5.92 Å². The molecule has 2 saturated heterocycles. The van der Waals surface area contributed by atoms with Gasteiger partial charge in [-0.1, -0.05) is 6.07 Å². The lowest BCUT2D eigenvalue weighted by molar-refractivity contribution is -0.0497. The number of alkyl halides is 2. The van der Waals surface area contributed by atoms with E-state index < -0.39 is 6.61 Å². The number of carbonyl (C=O) groups is 1. The number of ether oxygens (including phenoxy) is 1. The number of urea groups is 1. The van der Waals surface area contributed by atoms with E-state index in [1.54, 1.807) is 12.1 Å². The number of carbonyl (C=O) groups excluding carboxylic acids is 1. The third kappa shape index (κ3) is 3.07. The Hall–Kier alpha value is -1.89. The zero-order chi connectivity index (χ0) is 14.8. The first kappa shape index (κ1) is 14.1. The first-order valence-electron chi connectivity index (χ1n) is 6.96. The third-order valence-corrected chi connectivity index (χ3v) is 4.02. The van der Waals surface area contributed by atoms with E-state index in [0.717, 1.165) is 26.1 Å². The number of amides is 2. The fourth-order valence-electron chi connectivity index (χ4n) is 3.05. The van der Waals surface area contributed by atoms with Crippen LogP contribution in [0.15, 0.2) is 24.3 Å². The molecule has 2 N–H and O–H groups in total. The van der Waals surface area contributed by atoms with Gasteiger partial charge in [-0.15, -0.1) is 0 Å². The van der Waals surface area contributed by atoms with Gasteiger partial charge in [0.05, 0.1) is 0 Å². The maximum Gasteiger partial charge on any atom is 0.387 e. The van der Waals surface area contributed by atoms with Crippen LogP contribution in [0.1, 0.15) is 6.42 Å². The van der Waals surface area contributed by atoms with Crippen molar-refractivity contribution in [2.45, 2.75) is 19.1 Å². The van der Waals surface area contributed by atoms with Gasteiger partial charge in [-0.3, -0.25) is 0 Å². The molecule has 5 nitrogen and oxygen atoms in total. The molecule has 2 heterocycles. The van der Waals surface area contributed by atoms with Crippen LogP contribution >= 0.6 is 0 Å². The zero-order valence-electron chi connectivity index (χ0n) is 11.4. The average molecular weight is 297 g/mol. The fourth-order valence-corrected chi connectivity index (χ4v) is 3.05. The Kier molecular flexibility index (Phi) is 3.92. The Morgan fingerprint density at radius 2 is 2.29 bits per heavy atom. The smallest absolute Gasteiger partial charge is 0.387 e. The molecule has 1 aromatic carbocycles. The Morgan fingerprint density at radius 3 is 3.10 bits per heavy atom. The minimum Gasteiger partial charge on any atom is -0.435 e. The topological polar surface area (TPSA) is 53.6 Å². The van der Waals surface area contributed by atoms with Gasteiger partial charge in [0.25, 0.3) is 0 Å². The summed E-state index contributed by atoms with van der Waals surface area (Å²) in [6.07, 6.45) is 1.000. The molecule has 3 rings (SSSR count). The van der Waals surface area contributed by atoms with Crippen LogP contribution in [0, 0.1) is 5.92 Å². The number of hydrogen-bond donors (Lipinski definition) is 2. The van der Waals surface area contributed by atoms with Crippen molar-refractivity contribution in [3.8, 4) is 5.75 Å². The number of nitrogens with zero attached hydrogens (tertiary/aromatic N) is 1. The van der Waals surface area contributed by atoms with Gasteiger partial charge in [0.1, 0.15) is 5.75 Å². The highest BCUT2D eigenvalue weighted by Crippen LogP contribution is 2.28. The second-order valence-electron chi connectivity index (χ2n) is 5.30. The largest absolute Gasteiger partial charge is 0.435 e. The highest BCUT2D eigenvalue weighted by molar-refractivity contribution is 5.90. The molecule has 7 heteroatoms. The van der Waals surface area contributed by atoms with Crippen LogP contribution in [0.2, 0.25) is 0 Å². The quantitative estimate of drug-likeness (QED) is 0.898. The van der Waals surface area contributed by atoms with E-state index in [1.165, 1.54) is 12.1 Å². The number of fused-ring (bicyclic) bond motifs is 1. The van der Waals surface area contributed by atoms with Gasteiger partial charge < -0.3 is 20.3 Å². The van der Waals surface area contributed by atoms with E-state index in [0.29, 0.717) is 11.6 Å². The Labute approximate surface area is 121 Å². The molecule has 2 fully saturated rings. The maximum atomic E-state index is 12.3. The molecule has 2 aliphatic heterocycles. The molecule has 0 radical (unpaired) electrons. The summed E-state index contributed by atoms with van der Waals surface area (Å²) in [5.41, 5.74) is 0.451. The number of halogens is 2. The number of rotatable bonds is 3. The Bertz CT molecular complexity index is 527. The number of hydrogen-bond acceptors (Lipinski definition) is 3. The predicted molar refractivity (Wildman–Crippen MR) is 73.6 cm³/mol.